The molecule has 2 heterocycles. The Morgan fingerprint density at radius 2 is 2.00 bits per heavy atom. The largest absolute Gasteiger partial charge is 0.264 e. The molecule has 0 fully saturated rings. The molecule has 3 rings (SSSR count). The number of halogens is 1. The van der Waals surface area contributed by atoms with Gasteiger partial charge in [-0.05, 0) is 34.6 Å². The molecule has 1 aliphatic rings. The van der Waals surface area contributed by atoms with Gasteiger partial charge in [-0.15, -0.1) is 11.8 Å². The van der Waals surface area contributed by atoms with E-state index >= 15 is 0 Å². The molecule has 96 valence electrons. The summed E-state index contributed by atoms with van der Waals surface area (Å²) < 4.78 is 1.34. The number of benzene rings is 1. The maximum absolute atomic E-state index is 4.16. The van der Waals surface area contributed by atoms with Crippen molar-refractivity contribution in [3.63, 3.8) is 0 Å². The molecule has 0 aliphatic carbocycles. The maximum Gasteiger partial charge on any atom is 0.0346 e. The van der Waals surface area contributed by atoms with E-state index in [-0.39, 0.29) is 0 Å². The van der Waals surface area contributed by atoms with Crippen LogP contribution >= 0.6 is 27.7 Å². The summed E-state index contributed by atoms with van der Waals surface area (Å²) in [4.78, 5) is 4.16. The molecular formula is C16H14BrNS. The lowest BCUT2D eigenvalue weighted by molar-refractivity contribution is 0.737. The molecule has 1 nitrogen and oxygen atoms in total. The van der Waals surface area contributed by atoms with E-state index in [1.165, 1.54) is 26.9 Å². The number of pyridine rings is 1. The Balaban J connectivity index is 1.74. The molecular weight excluding hydrogens is 318 g/mol. The highest BCUT2D eigenvalue weighted by atomic mass is 79.9. The normalized spacial score (nSPS) is 18.4. The van der Waals surface area contributed by atoms with E-state index < -0.39 is 0 Å². The maximum atomic E-state index is 4.16. The fourth-order valence-electron chi connectivity index (χ4n) is 2.23. The highest BCUT2D eigenvalue weighted by Crippen LogP contribution is 2.34. The fourth-order valence-corrected chi connectivity index (χ4v) is 4.14. The SMILES string of the molecule is BrC1=CSCC1Cc1ccc(-c2cccnc2)cc1. The molecule has 0 radical (unpaired) electrons. The Bertz CT molecular complexity index is 577. The van der Waals surface area contributed by atoms with Crippen molar-refractivity contribution in [3.8, 4) is 11.1 Å². The number of hydrogen-bond acceptors (Lipinski definition) is 2. The van der Waals surface area contributed by atoms with Gasteiger partial charge < -0.3 is 0 Å². The fraction of sp³-hybridized carbons (Fsp3) is 0.188. The number of rotatable bonds is 3. The molecule has 0 N–H and O–H groups in total. The quantitative estimate of drug-likeness (QED) is 0.794. The summed E-state index contributed by atoms with van der Waals surface area (Å²) in [5.74, 6) is 1.82. The zero-order valence-corrected chi connectivity index (χ0v) is 12.8. The summed E-state index contributed by atoms with van der Waals surface area (Å²) in [6.07, 6.45) is 4.82. The van der Waals surface area contributed by atoms with Crippen molar-refractivity contribution in [2.24, 2.45) is 5.92 Å². The zero-order valence-electron chi connectivity index (χ0n) is 10.4. The second kappa shape index (κ2) is 5.93. The van der Waals surface area contributed by atoms with Gasteiger partial charge in [0, 0.05) is 28.5 Å². The van der Waals surface area contributed by atoms with E-state index in [4.69, 9.17) is 0 Å². The average molecular weight is 332 g/mol. The Morgan fingerprint density at radius 3 is 2.63 bits per heavy atom. The van der Waals surface area contributed by atoms with Crippen molar-refractivity contribution >= 4 is 27.7 Å². The minimum absolute atomic E-state index is 0.634. The summed E-state index contributed by atoms with van der Waals surface area (Å²) in [6.45, 7) is 0. The Labute approximate surface area is 126 Å². The van der Waals surface area contributed by atoms with E-state index in [1.54, 1.807) is 6.20 Å². The van der Waals surface area contributed by atoms with Gasteiger partial charge in [0.25, 0.3) is 0 Å². The molecule has 0 bridgehead atoms. The first-order valence-electron chi connectivity index (χ1n) is 6.29. The second-order valence-electron chi connectivity index (χ2n) is 4.68. The van der Waals surface area contributed by atoms with E-state index in [1.807, 2.05) is 24.0 Å². The van der Waals surface area contributed by atoms with Crippen molar-refractivity contribution in [3.05, 3.63) is 64.2 Å². The lowest BCUT2D eigenvalue weighted by Crippen LogP contribution is -2.03. The first-order valence-corrected chi connectivity index (χ1v) is 8.13. The molecule has 1 atom stereocenters. The third-order valence-electron chi connectivity index (χ3n) is 3.31. The number of allylic oxidation sites excluding steroid dienone is 1. The van der Waals surface area contributed by atoms with Gasteiger partial charge in [0.1, 0.15) is 0 Å². The first kappa shape index (κ1) is 12.9. The van der Waals surface area contributed by atoms with Gasteiger partial charge in [0.2, 0.25) is 0 Å². The van der Waals surface area contributed by atoms with E-state index in [9.17, 15) is 0 Å². The van der Waals surface area contributed by atoms with Gasteiger partial charge in [-0.3, -0.25) is 4.98 Å². The van der Waals surface area contributed by atoms with E-state index in [2.05, 4.69) is 56.7 Å². The van der Waals surface area contributed by atoms with Crippen LogP contribution < -0.4 is 0 Å². The van der Waals surface area contributed by atoms with E-state index in [0.717, 1.165) is 6.42 Å². The minimum atomic E-state index is 0.634. The molecule has 0 spiro atoms. The van der Waals surface area contributed by atoms with Crippen LogP contribution in [0.5, 0.6) is 0 Å². The summed E-state index contributed by atoms with van der Waals surface area (Å²) in [6, 6.07) is 12.9. The highest BCUT2D eigenvalue weighted by molar-refractivity contribution is 9.11. The van der Waals surface area contributed by atoms with Gasteiger partial charge >= 0.3 is 0 Å². The van der Waals surface area contributed by atoms with Crippen molar-refractivity contribution in [2.75, 3.05) is 5.75 Å². The molecule has 1 aromatic heterocycles. The smallest absolute Gasteiger partial charge is 0.0346 e. The monoisotopic (exact) mass is 331 g/mol. The van der Waals surface area contributed by atoms with Gasteiger partial charge in [0.05, 0.1) is 0 Å². The lowest BCUT2D eigenvalue weighted by Gasteiger charge is -2.10. The topological polar surface area (TPSA) is 12.9 Å². The van der Waals surface area contributed by atoms with Crippen molar-refractivity contribution in [1.29, 1.82) is 0 Å². The molecule has 2 aromatic rings. The average Bonchev–Trinajstić information content (AvgIpc) is 2.86. The standard InChI is InChI=1S/C16H14BrNS/c17-16-11-19-10-15(16)8-12-3-5-13(6-4-12)14-2-1-7-18-9-14/h1-7,9,11,15H,8,10H2. The van der Waals surface area contributed by atoms with Crippen molar-refractivity contribution in [1.82, 2.24) is 4.98 Å². The summed E-state index contributed by atoms with van der Waals surface area (Å²) >= 11 is 5.54. The molecule has 1 unspecified atom stereocenters. The predicted molar refractivity (Wildman–Crippen MR) is 86.3 cm³/mol. The van der Waals surface area contributed by atoms with Gasteiger partial charge in [-0.1, -0.05) is 46.3 Å². The third-order valence-corrected chi connectivity index (χ3v) is 5.51. The van der Waals surface area contributed by atoms with Crippen LogP contribution in [0.3, 0.4) is 0 Å². The minimum Gasteiger partial charge on any atom is -0.264 e. The number of aromatic nitrogens is 1. The van der Waals surface area contributed by atoms with Crippen LogP contribution in [-0.4, -0.2) is 10.7 Å². The zero-order chi connectivity index (χ0) is 13.1. The third kappa shape index (κ3) is 3.10. The Morgan fingerprint density at radius 1 is 1.16 bits per heavy atom. The van der Waals surface area contributed by atoms with Crippen LogP contribution in [0.15, 0.2) is 58.7 Å². The van der Waals surface area contributed by atoms with Gasteiger partial charge in [-0.2, -0.15) is 0 Å². The van der Waals surface area contributed by atoms with Crippen LogP contribution in [0.4, 0.5) is 0 Å². The molecule has 3 heteroatoms. The van der Waals surface area contributed by atoms with E-state index in [0.29, 0.717) is 5.92 Å². The lowest BCUT2D eigenvalue weighted by atomic mass is 9.99. The first-order chi connectivity index (χ1) is 9.33. The number of hydrogen-bond donors (Lipinski definition) is 0. The molecule has 1 aromatic carbocycles. The number of nitrogens with zero attached hydrogens (tertiary/aromatic N) is 1. The van der Waals surface area contributed by atoms with Crippen LogP contribution in [-0.2, 0) is 6.42 Å². The van der Waals surface area contributed by atoms with Crippen LogP contribution in [0.1, 0.15) is 5.56 Å². The molecule has 0 saturated carbocycles. The van der Waals surface area contributed by atoms with Gasteiger partial charge in [-0.25, -0.2) is 0 Å². The molecule has 19 heavy (non-hydrogen) atoms. The second-order valence-corrected chi connectivity index (χ2v) is 6.49. The van der Waals surface area contributed by atoms with Crippen LogP contribution in [0.2, 0.25) is 0 Å². The van der Waals surface area contributed by atoms with Crippen LogP contribution in [0.25, 0.3) is 11.1 Å². The van der Waals surface area contributed by atoms with Gasteiger partial charge in [0.15, 0.2) is 0 Å². The molecule has 0 saturated heterocycles. The summed E-state index contributed by atoms with van der Waals surface area (Å²) in [7, 11) is 0. The summed E-state index contributed by atoms with van der Waals surface area (Å²) in [5.41, 5.74) is 3.80. The van der Waals surface area contributed by atoms with Crippen molar-refractivity contribution < 1.29 is 0 Å². The molecule has 1 aliphatic heterocycles. The summed E-state index contributed by atoms with van der Waals surface area (Å²) in [5, 5.41) is 2.22. The molecule has 0 amide bonds. The highest BCUT2D eigenvalue weighted by Gasteiger charge is 2.17. The predicted octanol–water partition coefficient (Wildman–Crippen LogP) is 4.89. The van der Waals surface area contributed by atoms with Crippen LogP contribution in [0, 0.1) is 5.92 Å². The number of thioether (sulfide) groups is 1. The Kier molecular flexibility index (Phi) is 4.04. The Hall–Kier alpha value is -1.06. The van der Waals surface area contributed by atoms with Crippen molar-refractivity contribution in [2.45, 2.75) is 6.42 Å².